The third kappa shape index (κ3) is 5.43. The molecule has 0 aliphatic heterocycles. The number of carbonyl (C=O) groups is 2. The summed E-state index contributed by atoms with van der Waals surface area (Å²) in [5.74, 6) is -1.54. The van der Waals surface area contributed by atoms with Crippen molar-refractivity contribution in [3.05, 3.63) is 29.3 Å². The molecule has 1 amide bonds. The zero-order valence-electron chi connectivity index (χ0n) is 12.5. The Balaban J connectivity index is 2.37. The molecule has 0 bridgehead atoms. The lowest BCUT2D eigenvalue weighted by Crippen LogP contribution is -2.25. The van der Waals surface area contributed by atoms with Crippen LogP contribution in [0, 0.1) is 13.8 Å². The molecule has 1 rings (SSSR count). The lowest BCUT2D eigenvalue weighted by Gasteiger charge is -2.07. The van der Waals surface area contributed by atoms with Crippen LogP contribution in [0.3, 0.4) is 0 Å². The quantitative estimate of drug-likeness (QED) is 0.493. The lowest BCUT2D eigenvalue weighted by molar-refractivity contribution is -0.152. The van der Waals surface area contributed by atoms with Gasteiger partial charge in [0, 0.05) is 5.69 Å². The molecule has 0 atom stereocenters. The number of rotatable bonds is 6. The number of anilines is 1. The van der Waals surface area contributed by atoms with Crippen molar-refractivity contribution in [1.29, 1.82) is 0 Å². The Morgan fingerprint density at radius 3 is 2.50 bits per heavy atom. The van der Waals surface area contributed by atoms with Crippen molar-refractivity contribution in [3.8, 4) is 0 Å². The van der Waals surface area contributed by atoms with E-state index < -0.39 is 11.9 Å². The number of aryl methyl sites for hydroxylation is 2. The van der Waals surface area contributed by atoms with Crippen LogP contribution in [-0.2, 0) is 14.3 Å². The van der Waals surface area contributed by atoms with E-state index in [1.54, 1.807) is 6.07 Å². The molecule has 0 aliphatic rings. The molecular formula is C16H23NO3. The average molecular weight is 277 g/mol. The van der Waals surface area contributed by atoms with Crippen molar-refractivity contribution in [2.45, 2.75) is 46.5 Å². The first-order valence-electron chi connectivity index (χ1n) is 7.10. The van der Waals surface area contributed by atoms with Crippen LogP contribution in [0.4, 0.5) is 5.69 Å². The Morgan fingerprint density at radius 2 is 1.85 bits per heavy atom. The highest BCUT2D eigenvalue weighted by molar-refractivity contribution is 6.37. The van der Waals surface area contributed by atoms with Gasteiger partial charge in [-0.05, 0) is 43.5 Å². The minimum atomic E-state index is -0.820. The zero-order chi connectivity index (χ0) is 15.0. The lowest BCUT2D eigenvalue weighted by atomic mass is 10.1. The summed E-state index contributed by atoms with van der Waals surface area (Å²) in [5, 5.41) is 2.55. The van der Waals surface area contributed by atoms with E-state index in [9.17, 15) is 9.59 Å². The minimum absolute atomic E-state index is 0.305. The summed E-state index contributed by atoms with van der Waals surface area (Å²) in [5.41, 5.74) is 2.82. The van der Waals surface area contributed by atoms with Gasteiger partial charge >= 0.3 is 11.9 Å². The molecule has 110 valence electrons. The Hall–Kier alpha value is -1.84. The fourth-order valence-corrected chi connectivity index (χ4v) is 1.76. The summed E-state index contributed by atoms with van der Waals surface area (Å²) >= 11 is 0. The topological polar surface area (TPSA) is 55.4 Å². The molecule has 0 radical (unpaired) electrons. The summed E-state index contributed by atoms with van der Waals surface area (Å²) in [6.07, 6.45) is 4.06. The molecule has 0 unspecified atom stereocenters. The van der Waals surface area contributed by atoms with Crippen molar-refractivity contribution < 1.29 is 14.3 Å². The van der Waals surface area contributed by atoms with Crippen molar-refractivity contribution in [2.24, 2.45) is 0 Å². The van der Waals surface area contributed by atoms with E-state index in [0.717, 1.165) is 36.8 Å². The normalized spacial score (nSPS) is 10.2. The van der Waals surface area contributed by atoms with Crippen LogP contribution in [-0.4, -0.2) is 18.5 Å². The van der Waals surface area contributed by atoms with E-state index in [1.807, 2.05) is 26.0 Å². The highest BCUT2D eigenvalue weighted by Gasteiger charge is 2.15. The van der Waals surface area contributed by atoms with Crippen molar-refractivity contribution in [2.75, 3.05) is 11.9 Å². The van der Waals surface area contributed by atoms with E-state index in [1.165, 1.54) is 0 Å². The predicted molar refractivity (Wildman–Crippen MR) is 79.6 cm³/mol. The van der Waals surface area contributed by atoms with Crippen molar-refractivity contribution in [3.63, 3.8) is 0 Å². The fraction of sp³-hybridized carbons (Fsp3) is 0.500. The van der Waals surface area contributed by atoms with Gasteiger partial charge in [-0.2, -0.15) is 0 Å². The van der Waals surface area contributed by atoms with E-state index >= 15 is 0 Å². The number of carbonyl (C=O) groups excluding carboxylic acids is 2. The Bertz CT molecular complexity index is 469. The molecule has 1 aromatic rings. The van der Waals surface area contributed by atoms with E-state index in [2.05, 4.69) is 12.2 Å². The second-order valence-corrected chi connectivity index (χ2v) is 4.95. The second-order valence-electron chi connectivity index (χ2n) is 4.95. The van der Waals surface area contributed by atoms with Gasteiger partial charge in [0.15, 0.2) is 0 Å². The van der Waals surface area contributed by atoms with Gasteiger partial charge in [0.2, 0.25) is 0 Å². The number of benzene rings is 1. The zero-order valence-corrected chi connectivity index (χ0v) is 12.5. The average Bonchev–Trinajstić information content (AvgIpc) is 2.42. The van der Waals surface area contributed by atoms with Crippen LogP contribution in [0.1, 0.15) is 43.7 Å². The maximum absolute atomic E-state index is 11.6. The Morgan fingerprint density at radius 1 is 1.10 bits per heavy atom. The number of amides is 1. The van der Waals surface area contributed by atoms with Gasteiger partial charge in [0.25, 0.3) is 0 Å². The van der Waals surface area contributed by atoms with Gasteiger partial charge in [-0.1, -0.05) is 32.3 Å². The molecule has 0 aliphatic carbocycles. The molecule has 0 saturated heterocycles. The standard InChI is InChI=1S/C16H23NO3/c1-4-5-6-7-10-20-16(19)15(18)17-14-9-8-12(2)13(3)11-14/h8-9,11H,4-7,10H2,1-3H3,(H,17,18). The molecule has 4 heteroatoms. The maximum Gasteiger partial charge on any atom is 0.397 e. The van der Waals surface area contributed by atoms with Crippen molar-refractivity contribution in [1.82, 2.24) is 0 Å². The minimum Gasteiger partial charge on any atom is -0.459 e. The molecule has 4 nitrogen and oxygen atoms in total. The maximum atomic E-state index is 11.6. The summed E-state index contributed by atoms with van der Waals surface area (Å²) < 4.78 is 4.93. The molecule has 0 spiro atoms. The number of hydrogen-bond acceptors (Lipinski definition) is 3. The number of hydrogen-bond donors (Lipinski definition) is 1. The number of ether oxygens (including phenoxy) is 1. The summed E-state index contributed by atoms with van der Waals surface area (Å²) in [4.78, 5) is 23.1. The molecule has 20 heavy (non-hydrogen) atoms. The van der Waals surface area contributed by atoms with Crippen LogP contribution in [0.2, 0.25) is 0 Å². The number of esters is 1. The first-order valence-corrected chi connectivity index (χ1v) is 7.10. The Labute approximate surface area is 120 Å². The highest BCUT2D eigenvalue weighted by atomic mass is 16.5. The van der Waals surface area contributed by atoms with Crippen LogP contribution in [0.15, 0.2) is 18.2 Å². The molecule has 1 N–H and O–H groups in total. The van der Waals surface area contributed by atoms with Crippen molar-refractivity contribution >= 4 is 17.6 Å². The largest absolute Gasteiger partial charge is 0.459 e. The third-order valence-corrected chi connectivity index (χ3v) is 3.18. The highest BCUT2D eigenvalue weighted by Crippen LogP contribution is 2.14. The fourth-order valence-electron chi connectivity index (χ4n) is 1.76. The predicted octanol–water partition coefficient (Wildman–Crippen LogP) is 3.37. The first kappa shape index (κ1) is 16.2. The number of unbranched alkanes of at least 4 members (excludes halogenated alkanes) is 3. The van der Waals surface area contributed by atoms with Crippen LogP contribution >= 0.6 is 0 Å². The molecule has 0 heterocycles. The van der Waals surface area contributed by atoms with E-state index in [-0.39, 0.29) is 0 Å². The van der Waals surface area contributed by atoms with Crippen LogP contribution in [0.5, 0.6) is 0 Å². The van der Waals surface area contributed by atoms with Crippen LogP contribution in [0.25, 0.3) is 0 Å². The molecule has 1 aromatic carbocycles. The van der Waals surface area contributed by atoms with Gasteiger partial charge in [-0.15, -0.1) is 0 Å². The van der Waals surface area contributed by atoms with E-state index in [0.29, 0.717) is 12.3 Å². The smallest absolute Gasteiger partial charge is 0.397 e. The first-order chi connectivity index (χ1) is 9.54. The van der Waals surface area contributed by atoms with Gasteiger partial charge in [-0.3, -0.25) is 4.79 Å². The van der Waals surface area contributed by atoms with E-state index in [4.69, 9.17) is 4.74 Å². The second kappa shape index (κ2) is 8.35. The van der Waals surface area contributed by atoms with Crippen LogP contribution < -0.4 is 5.32 Å². The third-order valence-electron chi connectivity index (χ3n) is 3.18. The van der Waals surface area contributed by atoms with Gasteiger partial charge in [-0.25, -0.2) is 4.79 Å². The molecule has 0 fully saturated rings. The SMILES string of the molecule is CCCCCCOC(=O)C(=O)Nc1ccc(C)c(C)c1. The summed E-state index contributed by atoms with van der Waals surface area (Å²) in [7, 11) is 0. The van der Waals surface area contributed by atoms with Gasteiger partial charge in [0.1, 0.15) is 0 Å². The van der Waals surface area contributed by atoms with Gasteiger partial charge < -0.3 is 10.1 Å². The van der Waals surface area contributed by atoms with Gasteiger partial charge in [0.05, 0.1) is 6.61 Å². The number of nitrogens with one attached hydrogen (secondary N) is 1. The molecule has 0 saturated carbocycles. The Kier molecular flexibility index (Phi) is 6.77. The molecular weight excluding hydrogens is 254 g/mol. The summed E-state index contributed by atoms with van der Waals surface area (Å²) in [6.45, 7) is 6.37. The summed E-state index contributed by atoms with van der Waals surface area (Å²) in [6, 6.07) is 5.51. The monoisotopic (exact) mass is 277 g/mol. The molecule has 0 aromatic heterocycles.